The van der Waals surface area contributed by atoms with Crippen LogP contribution in [-0.2, 0) is 14.6 Å². The summed E-state index contributed by atoms with van der Waals surface area (Å²) in [5, 5.41) is 2.25. The molecule has 0 fully saturated rings. The summed E-state index contributed by atoms with van der Waals surface area (Å²) in [7, 11) is 0. The standard InChI is InChI=1S/C19H29F6GeO3/c1-3-5-13-28-17(27,29-14-6-4-2)12-8-10-15-9-7-11-16(15)26(18(20,21)22)19(23,24)25/h7,11,26H,3-6,8-10,12-14H2,1-2H3. The summed E-state index contributed by atoms with van der Waals surface area (Å²) in [4.78, 5) is 0. The second-order valence-corrected chi connectivity index (χ2v) is 13.0. The number of rotatable bonds is 13. The maximum absolute atomic E-state index is 13.1. The van der Waals surface area contributed by atoms with Gasteiger partial charge in [-0.1, -0.05) is 0 Å². The van der Waals surface area contributed by atoms with E-state index in [-0.39, 0.29) is 44.5 Å². The molecular weight excluding hydrogens is 463 g/mol. The number of hydrogen-bond donors (Lipinski definition) is 0. The van der Waals surface area contributed by atoms with Crippen LogP contribution >= 0.6 is 0 Å². The molecule has 0 saturated carbocycles. The third-order valence-corrected chi connectivity index (χ3v) is 9.95. The Kier molecular flexibility index (Phi) is 10.8. The van der Waals surface area contributed by atoms with Gasteiger partial charge in [0.15, 0.2) is 0 Å². The Morgan fingerprint density at radius 3 is 1.90 bits per heavy atom. The third-order valence-electron chi connectivity index (χ3n) is 4.64. The predicted octanol–water partition coefficient (Wildman–Crippen LogP) is 6.10. The predicted molar refractivity (Wildman–Crippen MR) is 99.0 cm³/mol. The Balaban J connectivity index is 2.82. The van der Waals surface area contributed by atoms with E-state index in [9.17, 15) is 31.4 Å². The van der Waals surface area contributed by atoms with Crippen molar-refractivity contribution in [2.24, 2.45) is 0 Å². The zero-order chi connectivity index (χ0) is 22.1. The van der Waals surface area contributed by atoms with Crippen LogP contribution in [0.4, 0.5) is 26.3 Å². The van der Waals surface area contributed by atoms with Crippen molar-refractivity contribution in [3.05, 3.63) is 22.1 Å². The Hall–Kier alpha value is -0.517. The second kappa shape index (κ2) is 11.8. The molecule has 0 N–H and O–H groups in total. The maximum atomic E-state index is 13.1. The summed E-state index contributed by atoms with van der Waals surface area (Å²) in [6.07, 6.45) is 5.28. The minimum absolute atomic E-state index is 0.00545. The van der Waals surface area contributed by atoms with Gasteiger partial charge < -0.3 is 0 Å². The summed E-state index contributed by atoms with van der Waals surface area (Å²) in [5.74, 6) is -2.12. The van der Waals surface area contributed by atoms with Crippen LogP contribution in [0, 0.1) is 0 Å². The van der Waals surface area contributed by atoms with Crippen molar-refractivity contribution < 1.29 is 40.9 Å². The summed E-state index contributed by atoms with van der Waals surface area (Å²) in [6.45, 7) is 4.25. The fourth-order valence-electron chi connectivity index (χ4n) is 3.10. The Morgan fingerprint density at radius 2 is 1.45 bits per heavy atom. The second-order valence-electron chi connectivity index (χ2n) is 7.12. The number of unbranched alkanes of at least 4 members (excludes halogenated alkanes) is 2. The molecule has 0 atom stereocenters. The SMILES string of the molecule is CCCCOC([O])(CCCC1=[C]([GeH]([C](F)(F)F)[C](F)(F)F)C=CC1)OCCCC. The molecule has 0 aliphatic heterocycles. The van der Waals surface area contributed by atoms with Crippen LogP contribution in [0.1, 0.15) is 65.2 Å². The van der Waals surface area contributed by atoms with Gasteiger partial charge >= 0.3 is 172 Å². The first kappa shape index (κ1) is 26.5. The summed E-state index contributed by atoms with van der Waals surface area (Å²) >= 11 is -5.79. The van der Waals surface area contributed by atoms with E-state index in [0.29, 0.717) is 12.8 Å². The van der Waals surface area contributed by atoms with Crippen molar-refractivity contribution in [3.8, 4) is 0 Å². The zero-order valence-corrected chi connectivity index (χ0v) is 19.2. The van der Waals surface area contributed by atoms with E-state index in [4.69, 9.17) is 9.47 Å². The number of allylic oxidation sites excluding steroid dienone is 4. The van der Waals surface area contributed by atoms with E-state index >= 15 is 0 Å². The van der Waals surface area contributed by atoms with Crippen LogP contribution in [0.5, 0.6) is 0 Å². The van der Waals surface area contributed by atoms with Gasteiger partial charge in [0.2, 0.25) is 0 Å². The number of hydrogen-bond acceptors (Lipinski definition) is 2. The van der Waals surface area contributed by atoms with E-state index in [0.717, 1.165) is 18.9 Å². The van der Waals surface area contributed by atoms with Crippen LogP contribution < -0.4 is 0 Å². The van der Waals surface area contributed by atoms with Crippen molar-refractivity contribution in [3.63, 3.8) is 0 Å². The van der Waals surface area contributed by atoms with Gasteiger partial charge in [-0.05, 0) is 0 Å². The average Bonchev–Trinajstić information content (AvgIpc) is 3.00. The first-order valence-electron chi connectivity index (χ1n) is 9.94. The van der Waals surface area contributed by atoms with Gasteiger partial charge in [0.05, 0.1) is 0 Å². The molecule has 169 valence electrons. The topological polar surface area (TPSA) is 38.4 Å². The molecule has 1 rings (SSSR count). The molecule has 0 aromatic heterocycles. The van der Waals surface area contributed by atoms with Gasteiger partial charge in [-0.15, -0.1) is 0 Å². The average molecular weight is 492 g/mol. The molecule has 0 unspecified atom stereocenters. The molecule has 0 saturated heterocycles. The van der Waals surface area contributed by atoms with Crippen molar-refractivity contribution in [1.82, 2.24) is 0 Å². The Morgan fingerprint density at radius 1 is 0.931 bits per heavy atom. The molecule has 0 aromatic carbocycles. The fourth-order valence-corrected chi connectivity index (χ4v) is 7.45. The Bertz CT molecular complexity index is 533. The first-order valence-corrected chi connectivity index (χ1v) is 13.6. The summed E-state index contributed by atoms with van der Waals surface area (Å²) < 4.78 is 88.7. The molecule has 0 amide bonds. The molecule has 1 aliphatic rings. The van der Waals surface area contributed by atoms with Crippen molar-refractivity contribution in [1.29, 1.82) is 0 Å². The minimum atomic E-state index is -5.79. The van der Waals surface area contributed by atoms with Crippen LogP contribution in [-0.4, -0.2) is 43.6 Å². The van der Waals surface area contributed by atoms with E-state index in [1.807, 2.05) is 13.8 Å². The van der Waals surface area contributed by atoms with Crippen molar-refractivity contribution in [2.75, 3.05) is 13.2 Å². The van der Waals surface area contributed by atoms with Gasteiger partial charge in [0.25, 0.3) is 0 Å². The molecule has 10 heteroatoms. The van der Waals surface area contributed by atoms with E-state index in [1.54, 1.807) is 0 Å². The van der Waals surface area contributed by atoms with E-state index < -0.39 is 34.7 Å². The molecular formula is C19H29F6GeO3. The summed E-state index contributed by atoms with van der Waals surface area (Å²) in [5.41, 5.74) is 0.133. The van der Waals surface area contributed by atoms with Gasteiger partial charge in [-0.25, -0.2) is 0 Å². The first-order chi connectivity index (χ1) is 13.4. The van der Waals surface area contributed by atoms with Crippen molar-refractivity contribution >= 4 is 14.3 Å². The molecule has 0 heterocycles. The van der Waals surface area contributed by atoms with Gasteiger partial charge in [0.1, 0.15) is 0 Å². The molecule has 1 aliphatic carbocycles. The number of alkyl halides is 6. The zero-order valence-electron chi connectivity index (χ0n) is 16.8. The number of ether oxygens (including phenoxy) is 2. The van der Waals surface area contributed by atoms with Crippen LogP contribution in [0.15, 0.2) is 22.1 Å². The monoisotopic (exact) mass is 493 g/mol. The molecule has 0 spiro atoms. The van der Waals surface area contributed by atoms with Crippen LogP contribution in [0.25, 0.3) is 0 Å². The van der Waals surface area contributed by atoms with Crippen LogP contribution in [0.2, 0.25) is 0 Å². The third kappa shape index (κ3) is 9.02. The quantitative estimate of drug-likeness (QED) is 0.135. The van der Waals surface area contributed by atoms with Crippen molar-refractivity contribution in [2.45, 2.75) is 81.2 Å². The molecule has 29 heavy (non-hydrogen) atoms. The fraction of sp³-hybridized carbons (Fsp3) is 0.789. The molecule has 1 radical (unpaired) electrons. The summed E-state index contributed by atoms with van der Waals surface area (Å²) in [6, 6.07) is 0. The van der Waals surface area contributed by atoms with E-state index in [1.165, 1.54) is 6.08 Å². The van der Waals surface area contributed by atoms with Gasteiger partial charge in [-0.2, -0.15) is 0 Å². The van der Waals surface area contributed by atoms with Gasteiger partial charge in [-0.3, -0.25) is 0 Å². The number of halogens is 6. The molecule has 0 bridgehead atoms. The van der Waals surface area contributed by atoms with Gasteiger partial charge in [0, 0.05) is 0 Å². The van der Waals surface area contributed by atoms with Crippen LogP contribution in [0.3, 0.4) is 0 Å². The normalized spacial score (nSPS) is 15.8. The van der Waals surface area contributed by atoms with E-state index in [2.05, 4.69) is 0 Å². The molecule has 3 nitrogen and oxygen atoms in total. The Labute approximate surface area is 172 Å². The molecule has 0 aromatic rings.